The molecule has 0 radical (unpaired) electrons. The van der Waals surface area contributed by atoms with E-state index in [9.17, 15) is 19.9 Å². The van der Waals surface area contributed by atoms with E-state index in [1.165, 1.54) is 0 Å². The molecule has 204 valence electrons. The summed E-state index contributed by atoms with van der Waals surface area (Å²) in [5.74, 6) is -1.30. The van der Waals surface area contributed by atoms with E-state index < -0.39 is 40.8 Å². The number of azide groups is 1. The van der Waals surface area contributed by atoms with Crippen molar-refractivity contribution in [2.24, 2.45) is 16.4 Å². The predicted octanol–water partition coefficient (Wildman–Crippen LogP) is 5.17. The zero-order chi connectivity index (χ0) is 28.6. The number of nitrogens with one attached hydrogen (secondary N) is 1. The van der Waals surface area contributed by atoms with Gasteiger partial charge in [-0.25, -0.2) is 4.79 Å². The van der Waals surface area contributed by atoms with Crippen LogP contribution < -0.4 is 5.32 Å². The quantitative estimate of drug-likeness (QED) is 0.144. The Bertz CT molecular complexity index is 1020. The molecule has 0 bridgehead atoms. The van der Waals surface area contributed by atoms with Gasteiger partial charge >= 0.3 is 5.97 Å². The van der Waals surface area contributed by atoms with Gasteiger partial charge in [0.25, 0.3) is 0 Å². The number of benzene rings is 1. The van der Waals surface area contributed by atoms with Crippen LogP contribution in [0.5, 0.6) is 0 Å². The Labute approximate surface area is 221 Å². The van der Waals surface area contributed by atoms with Crippen LogP contribution in [-0.4, -0.2) is 54.5 Å². The average molecular weight is 514 g/mol. The van der Waals surface area contributed by atoms with Crippen molar-refractivity contribution in [2.75, 3.05) is 13.7 Å². The van der Waals surface area contributed by atoms with Crippen LogP contribution in [0.4, 0.5) is 0 Å². The predicted molar refractivity (Wildman–Crippen MR) is 146 cm³/mol. The highest BCUT2D eigenvalue weighted by atomic mass is 16.5. The molecule has 9 heteroatoms. The van der Waals surface area contributed by atoms with Crippen molar-refractivity contribution in [1.29, 1.82) is 0 Å². The maximum atomic E-state index is 13.8. The number of nitrogens with zero attached hydrogens (tertiary/aromatic N) is 4. The zero-order valence-corrected chi connectivity index (χ0v) is 23.9. The number of esters is 1. The number of rotatable bonds is 11. The number of carbonyl (C=O) groups excluding carboxylic acids is 3. The largest absolute Gasteiger partial charge is 0.463 e. The average Bonchev–Trinajstić information content (AvgIpc) is 2.82. The molecule has 37 heavy (non-hydrogen) atoms. The van der Waals surface area contributed by atoms with Crippen LogP contribution in [0, 0.1) is 11.3 Å². The first-order chi connectivity index (χ1) is 17.1. The summed E-state index contributed by atoms with van der Waals surface area (Å²) in [6.07, 6.45) is 1.73. The topological polar surface area (TPSA) is 124 Å². The fourth-order valence-electron chi connectivity index (χ4n) is 4.14. The standard InChI is InChI=1S/C28H43N5O4/c1-11-37-26(36)19(4)17-21(18(2)3)33(10)25(35)23(27(5,6)7)30-24(34)22(31-32-29)28(8,9)20-15-13-12-14-16-20/h12-18,21-23H,11H2,1-10H3,(H,30,34)/b19-17+/t21-,22-,23-/m1/s1. The summed E-state index contributed by atoms with van der Waals surface area (Å²) in [4.78, 5) is 44.0. The normalized spacial score (nSPS) is 14.7. The fourth-order valence-corrected chi connectivity index (χ4v) is 4.14. The smallest absolute Gasteiger partial charge is 0.333 e. The number of hydrogen-bond donors (Lipinski definition) is 1. The van der Waals surface area contributed by atoms with E-state index in [0.29, 0.717) is 5.57 Å². The minimum atomic E-state index is -1.09. The molecule has 1 aromatic carbocycles. The zero-order valence-electron chi connectivity index (χ0n) is 23.9. The maximum Gasteiger partial charge on any atom is 0.333 e. The summed E-state index contributed by atoms with van der Waals surface area (Å²) in [5, 5.41) is 6.72. The van der Waals surface area contributed by atoms with Crippen molar-refractivity contribution < 1.29 is 19.1 Å². The van der Waals surface area contributed by atoms with Crippen molar-refractivity contribution in [3.8, 4) is 0 Å². The number of carbonyl (C=O) groups is 3. The van der Waals surface area contributed by atoms with E-state index in [2.05, 4.69) is 15.3 Å². The van der Waals surface area contributed by atoms with Crippen molar-refractivity contribution in [3.63, 3.8) is 0 Å². The van der Waals surface area contributed by atoms with Crippen LogP contribution in [0.25, 0.3) is 10.4 Å². The summed E-state index contributed by atoms with van der Waals surface area (Å²) in [6, 6.07) is 6.92. The monoisotopic (exact) mass is 513 g/mol. The molecule has 9 nitrogen and oxygen atoms in total. The van der Waals surface area contributed by atoms with Gasteiger partial charge in [0.05, 0.1) is 12.6 Å². The SMILES string of the molecule is CCOC(=O)/C(C)=C/[C@H](C(C)C)N(C)C(=O)[C@@H](NC(=O)[C@@H](N=[N+]=[N-])C(C)(C)c1ccccc1)C(C)(C)C. The van der Waals surface area contributed by atoms with E-state index in [1.54, 1.807) is 31.9 Å². The van der Waals surface area contributed by atoms with E-state index in [0.717, 1.165) is 5.56 Å². The summed E-state index contributed by atoms with van der Waals surface area (Å²) in [6.45, 7) is 16.8. The van der Waals surface area contributed by atoms with Gasteiger partial charge in [0.1, 0.15) is 12.1 Å². The summed E-state index contributed by atoms with van der Waals surface area (Å²) in [5.41, 5.74) is 9.01. The Hall–Kier alpha value is -3.32. The van der Waals surface area contributed by atoms with Crippen LogP contribution in [0.15, 0.2) is 47.1 Å². The lowest BCUT2D eigenvalue weighted by Crippen LogP contribution is -2.59. The Kier molecular flexibility index (Phi) is 11.4. The van der Waals surface area contributed by atoms with E-state index >= 15 is 0 Å². The highest BCUT2D eigenvalue weighted by Gasteiger charge is 2.41. The molecule has 0 aliphatic heterocycles. The third-order valence-corrected chi connectivity index (χ3v) is 6.51. The van der Waals surface area contributed by atoms with Gasteiger partial charge in [0.15, 0.2) is 0 Å². The Morgan fingerprint density at radius 1 is 1.14 bits per heavy atom. The molecule has 0 saturated carbocycles. The first kappa shape index (κ1) is 31.7. The van der Waals surface area contributed by atoms with Gasteiger partial charge in [-0.15, -0.1) is 0 Å². The van der Waals surface area contributed by atoms with E-state index in [1.807, 2.05) is 78.8 Å². The van der Waals surface area contributed by atoms with Crippen LogP contribution in [-0.2, 0) is 24.5 Å². The Morgan fingerprint density at radius 3 is 2.16 bits per heavy atom. The van der Waals surface area contributed by atoms with Gasteiger partial charge in [-0.1, -0.05) is 90.0 Å². The summed E-state index contributed by atoms with van der Waals surface area (Å²) < 4.78 is 5.09. The summed E-state index contributed by atoms with van der Waals surface area (Å²) >= 11 is 0. The first-order valence-electron chi connectivity index (χ1n) is 12.6. The number of hydrogen-bond acceptors (Lipinski definition) is 5. The lowest BCUT2D eigenvalue weighted by molar-refractivity contribution is -0.141. The van der Waals surface area contributed by atoms with Gasteiger partial charge in [0.2, 0.25) is 11.8 Å². The second kappa shape index (κ2) is 13.3. The highest BCUT2D eigenvalue weighted by molar-refractivity contribution is 5.92. The molecule has 0 heterocycles. The third kappa shape index (κ3) is 8.35. The van der Waals surface area contributed by atoms with Gasteiger partial charge in [-0.05, 0) is 36.3 Å². The maximum absolute atomic E-state index is 13.8. The molecule has 1 N–H and O–H groups in total. The molecule has 2 amide bonds. The molecule has 0 saturated heterocycles. The van der Waals surface area contributed by atoms with Gasteiger partial charge in [-0.2, -0.15) is 0 Å². The number of likely N-dealkylation sites (N-methyl/N-ethyl adjacent to an activating group) is 1. The van der Waals surface area contributed by atoms with Gasteiger partial charge < -0.3 is 15.0 Å². The van der Waals surface area contributed by atoms with E-state index in [-0.39, 0.29) is 18.4 Å². The highest BCUT2D eigenvalue weighted by Crippen LogP contribution is 2.31. The Morgan fingerprint density at radius 2 is 1.70 bits per heavy atom. The molecule has 0 aliphatic carbocycles. The van der Waals surface area contributed by atoms with Crippen molar-refractivity contribution in [2.45, 2.75) is 85.9 Å². The molecular weight excluding hydrogens is 470 g/mol. The van der Waals surface area contributed by atoms with Crippen LogP contribution in [0.1, 0.15) is 67.9 Å². The number of ether oxygens (including phenoxy) is 1. The van der Waals surface area contributed by atoms with Crippen molar-refractivity contribution in [3.05, 3.63) is 58.0 Å². The summed E-state index contributed by atoms with van der Waals surface area (Å²) in [7, 11) is 1.66. The Balaban J connectivity index is 3.36. The molecule has 0 unspecified atom stereocenters. The van der Waals surface area contributed by atoms with Crippen LogP contribution >= 0.6 is 0 Å². The van der Waals surface area contributed by atoms with Crippen molar-refractivity contribution >= 4 is 17.8 Å². The molecule has 0 aromatic heterocycles. The second-order valence-corrected chi connectivity index (χ2v) is 11.3. The van der Waals surface area contributed by atoms with Crippen LogP contribution in [0.2, 0.25) is 0 Å². The number of amides is 2. The molecule has 3 atom stereocenters. The molecule has 0 spiro atoms. The minimum Gasteiger partial charge on any atom is -0.463 e. The molecule has 1 rings (SSSR count). The van der Waals surface area contributed by atoms with E-state index in [4.69, 9.17) is 4.74 Å². The molecular formula is C28H43N5O4. The van der Waals surface area contributed by atoms with Gasteiger partial charge in [-0.3, -0.25) is 9.59 Å². The minimum absolute atomic E-state index is 0.0115. The van der Waals surface area contributed by atoms with Gasteiger partial charge in [0, 0.05) is 22.9 Å². The molecule has 1 aromatic rings. The second-order valence-electron chi connectivity index (χ2n) is 11.3. The van der Waals surface area contributed by atoms with Crippen LogP contribution in [0.3, 0.4) is 0 Å². The fraction of sp³-hybridized carbons (Fsp3) is 0.607. The third-order valence-electron chi connectivity index (χ3n) is 6.51. The first-order valence-corrected chi connectivity index (χ1v) is 12.6. The molecule has 0 aliphatic rings. The lowest BCUT2D eigenvalue weighted by Gasteiger charge is -2.39. The van der Waals surface area contributed by atoms with Crippen molar-refractivity contribution in [1.82, 2.24) is 10.2 Å². The molecule has 0 fully saturated rings. The lowest BCUT2D eigenvalue weighted by atomic mass is 9.77.